The Morgan fingerprint density at radius 3 is 1.96 bits per heavy atom. The molecule has 2 unspecified atom stereocenters. The van der Waals surface area contributed by atoms with Crippen molar-refractivity contribution in [3.63, 3.8) is 0 Å². The van der Waals surface area contributed by atoms with E-state index < -0.39 is 0 Å². The Kier molecular flexibility index (Phi) is 6.35. The van der Waals surface area contributed by atoms with Crippen LogP contribution in [0.25, 0.3) is 55.0 Å². The van der Waals surface area contributed by atoms with Gasteiger partial charge in [0.1, 0.15) is 11.2 Å². The zero-order valence-electron chi connectivity index (χ0n) is 31.8. The summed E-state index contributed by atoms with van der Waals surface area (Å²) >= 11 is 0. The van der Waals surface area contributed by atoms with Crippen LogP contribution in [0.15, 0.2) is 156 Å². The lowest BCUT2D eigenvalue weighted by Crippen LogP contribution is -2.87. The fourth-order valence-electron chi connectivity index (χ4n) is 12.4. The van der Waals surface area contributed by atoms with Gasteiger partial charge in [0.05, 0.1) is 11.1 Å². The predicted molar refractivity (Wildman–Crippen MR) is 229 cm³/mol. The number of nitrogens with zero attached hydrogens (tertiary/aromatic N) is 1. The van der Waals surface area contributed by atoms with Gasteiger partial charge in [-0.05, 0) is 153 Å². The Morgan fingerprint density at radius 2 is 1.24 bits per heavy atom. The molecule has 0 radical (unpaired) electrons. The lowest BCUT2D eigenvalue weighted by atomic mass is 9.12. The summed E-state index contributed by atoms with van der Waals surface area (Å²) in [7, 11) is 0. The highest BCUT2D eigenvalue weighted by atomic mass is 16.3. The van der Waals surface area contributed by atoms with Crippen LogP contribution >= 0.6 is 0 Å². The van der Waals surface area contributed by atoms with Gasteiger partial charge in [0.25, 0.3) is 0 Å². The van der Waals surface area contributed by atoms with Crippen molar-refractivity contribution < 1.29 is 4.42 Å². The SMILES string of the molecule is CC(C)(C)c1ccc(N(c2ccc(-c3ccc4ccccc4c3)cc2)c2cccc3oc4ccc(-c5ccccc5C56CC7CC8CC(C5)C876)cc4c23)cc1. The highest BCUT2D eigenvalue weighted by Gasteiger charge is 2.87. The molecule has 4 saturated carbocycles. The number of rotatable bonds is 6. The molecule has 4 aliphatic carbocycles. The molecule has 1 heterocycles. The van der Waals surface area contributed by atoms with Gasteiger partial charge in [-0.15, -0.1) is 0 Å². The fraction of sp³-hybridized carbons (Fsp3) is 0.245. The summed E-state index contributed by atoms with van der Waals surface area (Å²) in [5.41, 5.74) is 14.4. The summed E-state index contributed by atoms with van der Waals surface area (Å²) in [6.07, 6.45) is 5.75. The zero-order valence-corrected chi connectivity index (χ0v) is 31.8. The molecular formula is C53H45NO. The number of hydrogen-bond donors (Lipinski definition) is 0. The minimum atomic E-state index is 0.0660. The Bertz CT molecular complexity index is 2810. The van der Waals surface area contributed by atoms with E-state index in [4.69, 9.17) is 4.42 Å². The van der Waals surface area contributed by atoms with Crippen LogP contribution in [0.2, 0.25) is 0 Å². The second-order valence-electron chi connectivity index (χ2n) is 18.2. The third kappa shape index (κ3) is 4.21. The highest BCUT2D eigenvalue weighted by Crippen LogP contribution is 2.93. The van der Waals surface area contributed by atoms with E-state index in [1.165, 1.54) is 69.7 Å². The Hall–Kier alpha value is -5.60. The topological polar surface area (TPSA) is 16.4 Å². The minimum absolute atomic E-state index is 0.0660. The van der Waals surface area contributed by atoms with Crippen LogP contribution in [-0.2, 0) is 10.8 Å². The maximum Gasteiger partial charge on any atom is 0.137 e. The van der Waals surface area contributed by atoms with Crippen LogP contribution in [0.5, 0.6) is 0 Å². The van der Waals surface area contributed by atoms with E-state index in [2.05, 4.69) is 177 Å². The highest BCUT2D eigenvalue weighted by molar-refractivity contribution is 6.14. The second-order valence-corrected chi connectivity index (χ2v) is 18.2. The molecule has 268 valence electrons. The van der Waals surface area contributed by atoms with Gasteiger partial charge in [-0.2, -0.15) is 0 Å². The molecule has 4 fully saturated rings. The summed E-state index contributed by atoms with van der Waals surface area (Å²) in [6, 6.07) is 56.4. The summed E-state index contributed by atoms with van der Waals surface area (Å²) in [5.74, 6) is 2.93. The summed E-state index contributed by atoms with van der Waals surface area (Å²) in [6.45, 7) is 6.84. The largest absolute Gasteiger partial charge is 0.456 e. The van der Waals surface area contributed by atoms with Crippen molar-refractivity contribution in [2.75, 3.05) is 4.90 Å². The molecule has 0 amide bonds. The third-order valence-electron chi connectivity index (χ3n) is 14.9. The normalized spacial score (nSPS) is 24.7. The molecule has 2 nitrogen and oxygen atoms in total. The monoisotopic (exact) mass is 711 g/mol. The van der Waals surface area contributed by atoms with Gasteiger partial charge < -0.3 is 9.32 Å². The molecule has 0 aliphatic heterocycles. The molecule has 2 heteroatoms. The molecular weight excluding hydrogens is 667 g/mol. The molecule has 55 heavy (non-hydrogen) atoms. The van der Waals surface area contributed by atoms with Crippen LogP contribution in [0.3, 0.4) is 0 Å². The molecule has 0 N–H and O–H groups in total. The summed E-state index contributed by atoms with van der Waals surface area (Å²) in [4.78, 5) is 2.42. The van der Waals surface area contributed by atoms with Gasteiger partial charge in [-0.1, -0.05) is 118 Å². The molecule has 0 saturated heterocycles. The molecule has 1 spiro atoms. The first-order valence-corrected chi connectivity index (χ1v) is 20.4. The standard InChI is InChI=1S/C53H45NO/c1-51(2,3)38-20-24-43(25-21-38)54(42-22-17-34(18-23-42)36-16-15-33-9-4-5-10-35(33)27-36)47-13-8-14-49-50(47)45-28-37(19-26-48(45)55-49)44-11-6-7-12-46(44)52-31-40-29-39-30-41(32-52)53(39,40)52/h4-28,39-41H,29-32H2,1-3H3. The summed E-state index contributed by atoms with van der Waals surface area (Å²) < 4.78 is 6.67. The predicted octanol–water partition coefficient (Wildman–Crippen LogP) is 14.5. The van der Waals surface area contributed by atoms with Crippen LogP contribution < -0.4 is 4.90 Å². The Labute approximate surface area is 323 Å². The zero-order chi connectivity index (χ0) is 36.7. The van der Waals surface area contributed by atoms with Gasteiger partial charge >= 0.3 is 0 Å². The van der Waals surface area contributed by atoms with Crippen molar-refractivity contribution >= 4 is 49.8 Å². The molecule has 4 aliphatic rings. The Morgan fingerprint density at radius 1 is 0.564 bits per heavy atom. The van der Waals surface area contributed by atoms with Crippen molar-refractivity contribution in [3.8, 4) is 22.3 Å². The lowest BCUT2D eigenvalue weighted by Gasteiger charge is -2.91. The Balaban J connectivity index is 1.000. The number of benzene rings is 7. The number of fused-ring (bicyclic) bond motifs is 4. The van der Waals surface area contributed by atoms with E-state index in [0.29, 0.717) is 10.8 Å². The van der Waals surface area contributed by atoms with Crippen molar-refractivity contribution in [1.29, 1.82) is 0 Å². The van der Waals surface area contributed by atoms with Crippen molar-refractivity contribution in [3.05, 3.63) is 163 Å². The molecule has 0 bridgehead atoms. The van der Waals surface area contributed by atoms with E-state index in [9.17, 15) is 0 Å². The van der Waals surface area contributed by atoms with Gasteiger partial charge in [-0.25, -0.2) is 0 Å². The third-order valence-corrected chi connectivity index (χ3v) is 14.9. The first-order valence-electron chi connectivity index (χ1n) is 20.4. The first kappa shape index (κ1) is 31.7. The average Bonchev–Trinajstić information content (AvgIpc) is 3.56. The molecule has 8 aromatic rings. The first-order chi connectivity index (χ1) is 26.8. The second kappa shape index (κ2) is 11.0. The molecule has 7 aromatic carbocycles. The van der Waals surface area contributed by atoms with Gasteiger partial charge in [0.15, 0.2) is 0 Å². The van der Waals surface area contributed by atoms with E-state index >= 15 is 0 Å². The fourth-order valence-corrected chi connectivity index (χ4v) is 12.4. The quantitative estimate of drug-likeness (QED) is 0.171. The molecule has 2 atom stereocenters. The van der Waals surface area contributed by atoms with E-state index in [1.807, 2.05) is 0 Å². The smallest absolute Gasteiger partial charge is 0.137 e. The minimum Gasteiger partial charge on any atom is -0.456 e. The van der Waals surface area contributed by atoms with E-state index in [1.54, 1.807) is 5.56 Å². The van der Waals surface area contributed by atoms with Crippen LogP contribution in [-0.4, -0.2) is 0 Å². The van der Waals surface area contributed by atoms with Crippen molar-refractivity contribution in [2.45, 2.75) is 57.3 Å². The summed E-state index contributed by atoms with van der Waals surface area (Å²) in [5, 5.41) is 4.84. The number of anilines is 3. The van der Waals surface area contributed by atoms with Crippen molar-refractivity contribution in [2.24, 2.45) is 23.2 Å². The van der Waals surface area contributed by atoms with Crippen LogP contribution in [0, 0.1) is 23.2 Å². The maximum atomic E-state index is 6.67. The average molecular weight is 712 g/mol. The van der Waals surface area contributed by atoms with Gasteiger partial charge in [-0.3, -0.25) is 0 Å². The van der Waals surface area contributed by atoms with Gasteiger partial charge in [0, 0.05) is 22.2 Å². The van der Waals surface area contributed by atoms with Crippen LogP contribution in [0.4, 0.5) is 17.1 Å². The molecule has 12 rings (SSSR count). The van der Waals surface area contributed by atoms with Crippen molar-refractivity contribution in [1.82, 2.24) is 0 Å². The maximum absolute atomic E-state index is 6.67. The molecule has 1 aromatic heterocycles. The number of furan rings is 1. The lowest BCUT2D eigenvalue weighted by molar-refractivity contribution is -0.395. The number of hydrogen-bond acceptors (Lipinski definition) is 2. The van der Waals surface area contributed by atoms with Crippen LogP contribution in [0.1, 0.15) is 57.6 Å². The van der Waals surface area contributed by atoms with Gasteiger partial charge in [0.2, 0.25) is 0 Å². The van der Waals surface area contributed by atoms with E-state index in [-0.39, 0.29) is 5.41 Å². The van der Waals surface area contributed by atoms with E-state index in [0.717, 1.165) is 51.4 Å².